The number of benzene rings is 2. The number of methoxy groups -OCH3 is 5. The molecule has 0 amide bonds. The summed E-state index contributed by atoms with van der Waals surface area (Å²) in [6.07, 6.45) is 0.803. The highest BCUT2D eigenvalue weighted by molar-refractivity contribution is 6.09. The van der Waals surface area contributed by atoms with Gasteiger partial charge >= 0.3 is 5.97 Å². The van der Waals surface area contributed by atoms with Crippen LogP contribution < -0.4 is 18.9 Å². The fourth-order valence-corrected chi connectivity index (χ4v) is 5.43. The first-order valence-electron chi connectivity index (χ1n) is 12.8. The van der Waals surface area contributed by atoms with Gasteiger partial charge in [-0.2, -0.15) is 0 Å². The molecule has 2 aromatic rings. The van der Waals surface area contributed by atoms with E-state index in [9.17, 15) is 9.59 Å². The number of esters is 1. The molecular weight excluding hydrogens is 502 g/mol. The fourth-order valence-electron chi connectivity index (χ4n) is 5.43. The molecule has 2 aliphatic rings. The number of ketones is 1. The van der Waals surface area contributed by atoms with E-state index in [1.165, 1.54) is 0 Å². The third-order valence-corrected chi connectivity index (χ3v) is 7.33. The summed E-state index contributed by atoms with van der Waals surface area (Å²) in [6, 6.07) is 11.1. The van der Waals surface area contributed by atoms with E-state index >= 15 is 0 Å². The number of carbonyl (C=O) groups excluding carboxylic acids is 2. The average molecular weight is 538 g/mol. The maximum absolute atomic E-state index is 13.9. The number of aliphatic imine (C=N–C) groups is 1. The van der Waals surface area contributed by atoms with Crippen molar-refractivity contribution >= 4 is 17.5 Å². The molecule has 1 aliphatic heterocycles. The lowest BCUT2D eigenvalue weighted by atomic mass is 9.69. The van der Waals surface area contributed by atoms with E-state index < -0.39 is 17.8 Å². The van der Waals surface area contributed by atoms with Crippen molar-refractivity contribution in [3.8, 4) is 23.0 Å². The van der Waals surface area contributed by atoms with E-state index in [1.807, 2.05) is 24.3 Å². The normalized spacial score (nSPS) is 20.6. The summed E-state index contributed by atoms with van der Waals surface area (Å²) in [7, 11) is 7.84. The summed E-state index contributed by atoms with van der Waals surface area (Å²) < 4.78 is 32.5. The molecule has 2 aromatic carbocycles. The second-order valence-electron chi connectivity index (χ2n) is 9.48. The number of hydrogen-bond donors (Lipinski definition) is 0. The van der Waals surface area contributed by atoms with Crippen molar-refractivity contribution in [2.45, 2.75) is 31.6 Å². The van der Waals surface area contributed by atoms with Crippen LogP contribution in [0.3, 0.4) is 0 Å². The van der Waals surface area contributed by atoms with Crippen molar-refractivity contribution in [1.29, 1.82) is 0 Å². The fraction of sp³-hybridized carbons (Fsp3) is 0.433. The van der Waals surface area contributed by atoms with Gasteiger partial charge in [0.15, 0.2) is 17.3 Å². The van der Waals surface area contributed by atoms with Crippen LogP contribution in [0.1, 0.15) is 42.7 Å². The molecule has 208 valence electrons. The molecule has 9 heteroatoms. The minimum absolute atomic E-state index is 0.0650. The molecule has 0 fully saturated rings. The van der Waals surface area contributed by atoms with Crippen LogP contribution in [0.15, 0.2) is 52.7 Å². The van der Waals surface area contributed by atoms with E-state index in [0.29, 0.717) is 52.0 Å². The first-order valence-corrected chi connectivity index (χ1v) is 12.8. The summed E-state index contributed by atoms with van der Waals surface area (Å²) >= 11 is 0. The van der Waals surface area contributed by atoms with Gasteiger partial charge in [0.1, 0.15) is 24.0 Å². The molecule has 4 rings (SSSR count). The van der Waals surface area contributed by atoms with Crippen LogP contribution in [0, 0.1) is 5.92 Å². The van der Waals surface area contributed by atoms with Gasteiger partial charge in [0.2, 0.25) is 0 Å². The topological polar surface area (TPSA) is 102 Å². The smallest absolute Gasteiger partial charge is 0.315 e. The molecule has 1 unspecified atom stereocenters. The lowest BCUT2D eigenvalue weighted by Gasteiger charge is -2.37. The van der Waals surface area contributed by atoms with Gasteiger partial charge in [-0.1, -0.05) is 12.1 Å². The van der Waals surface area contributed by atoms with Gasteiger partial charge in [-0.05, 0) is 43.0 Å². The highest BCUT2D eigenvalue weighted by Gasteiger charge is 2.46. The quantitative estimate of drug-likeness (QED) is 0.323. The molecule has 0 saturated carbocycles. The third-order valence-electron chi connectivity index (χ3n) is 7.33. The van der Waals surface area contributed by atoms with E-state index in [4.69, 9.17) is 33.4 Å². The Morgan fingerprint density at radius 2 is 1.62 bits per heavy atom. The van der Waals surface area contributed by atoms with Gasteiger partial charge in [-0.15, -0.1) is 0 Å². The summed E-state index contributed by atoms with van der Waals surface area (Å²) in [4.78, 5) is 32.1. The summed E-state index contributed by atoms with van der Waals surface area (Å²) in [5, 5.41) is 0. The Morgan fingerprint density at radius 1 is 0.872 bits per heavy atom. The Hall–Kier alpha value is -3.85. The first-order chi connectivity index (χ1) is 18.9. The van der Waals surface area contributed by atoms with Crippen LogP contribution >= 0.6 is 0 Å². The summed E-state index contributed by atoms with van der Waals surface area (Å²) in [5.41, 5.74) is 3.44. The first kappa shape index (κ1) is 28.2. The zero-order valence-electron chi connectivity index (χ0n) is 23.2. The van der Waals surface area contributed by atoms with Gasteiger partial charge in [-0.25, -0.2) is 0 Å². The van der Waals surface area contributed by atoms with Crippen LogP contribution in [0.25, 0.3) is 0 Å². The number of Topliss-reactive ketones (excluding diaryl/α,β-unsaturated/α-hetero) is 1. The summed E-state index contributed by atoms with van der Waals surface area (Å²) in [6.45, 7) is 2.18. The zero-order chi connectivity index (χ0) is 28.1. The number of rotatable bonds is 10. The average Bonchev–Trinajstić information content (AvgIpc) is 2.95. The standard InChI is InChI=1S/C30H35NO8/c1-17-27(30(33)39-12-11-34-2)28(21-9-8-20(35-3)16-25(21)37-5)29-22(31-17)13-19(14-23(29)32)18-7-10-24(36-4)26(15-18)38-6/h7-10,15-16,19,27-28H,11-14H2,1-6H3/t19-,27?,28+/m1/s1. The Balaban J connectivity index is 1.79. The highest BCUT2D eigenvalue weighted by Crippen LogP contribution is 2.49. The van der Waals surface area contributed by atoms with Crippen molar-refractivity contribution in [2.24, 2.45) is 10.9 Å². The zero-order valence-corrected chi connectivity index (χ0v) is 23.2. The number of carbonyl (C=O) groups is 2. The van der Waals surface area contributed by atoms with Gasteiger partial charge in [0, 0.05) is 48.1 Å². The predicted octanol–water partition coefficient (Wildman–Crippen LogP) is 4.49. The number of allylic oxidation sites excluding steroid dienone is 2. The minimum Gasteiger partial charge on any atom is -0.497 e. The molecule has 3 atom stereocenters. The maximum Gasteiger partial charge on any atom is 0.315 e. The second-order valence-corrected chi connectivity index (χ2v) is 9.48. The van der Waals surface area contributed by atoms with Crippen molar-refractivity contribution < 1.29 is 38.0 Å². The van der Waals surface area contributed by atoms with E-state index in [0.717, 1.165) is 5.56 Å². The van der Waals surface area contributed by atoms with Crippen LogP contribution in [-0.4, -0.2) is 66.2 Å². The van der Waals surface area contributed by atoms with E-state index in [2.05, 4.69) is 0 Å². The van der Waals surface area contributed by atoms with E-state index in [-0.39, 0.29) is 31.3 Å². The molecule has 1 heterocycles. The lowest BCUT2D eigenvalue weighted by molar-refractivity contribution is -0.147. The Morgan fingerprint density at radius 3 is 2.28 bits per heavy atom. The van der Waals surface area contributed by atoms with Crippen LogP contribution in [0.2, 0.25) is 0 Å². The molecule has 9 nitrogen and oxygen atoms in total. The Bertz CT molecular complexity index is 1300. The van der Waals surface area contributed by atoms with Crippen molar-refractivity contribution in [1.82, 2.24) is 0 Å². The predicted molar refractivity (Wildman–Crippen MR) is 145 cm³/mol. The summed E-state index contributed by atoms with van der Waals surface area (Å²) in [5.74, 6) is 0.316. The maximum atomic E-state index is 13.9. The van der Waals surface area contributed by atoms with Crippen molar-refractivity contribution in [3.05, 3.63) is 58.8 Å². The van der Waals surface area contributed by atoms with Gasteiger partial charge in [-0.3, -0.25) is 14.6 Å². The Labute approximate surface area is 228 Å². The molecular formula is C30H35NO8. The molecule has 0 aromatic heterocycles. The monoisotopic (exact) mass is 537 g/mol. The number of ether oxygens (including phenoxy) is 6. The van der Waals surface area contributed by atoms with Crippen LogP contribution in [0.4, 0.5) is 0 Å². The molecule has 0 bridgehead atoms. The van der Waals surface area contributed by atoms with Crippen LogP contribution in [-0.2, 0) is 19.1 Å². The van der Waals surface area contributed by atoms with Gasteiger partial charge in [0.05, 0.1) is 35.0 Å². The largest absolute Gasteiger partial charge is 0.497 e. The third kappa shape index (κ3) is 5.63. The number of hydrogen-bond acceptors (Lipinski definition) is 9. The molecule has 1 aliphatic carbocycles. The van der Waals surface area contributed by atoms with Gasteiger partial charge < -0.3 is 28.4 Å². The van der Waals surface area contributed by atoms with Crippen molar-refractivity contribution in [2.75, 3.05) is 48.8 Å². The molecule has 39 heavy (non-hydrogen) atoms. The molecule has 0 saturated heterocycles. The van der Waals surface area contributed by atoms with Gasteiger partial charge in [0.25, 0.3) is 0 Å². The minimum atomic E-state index is -0.788. The lowest BCUT2D eigenvalue weighted by Crippen LogP contribution is -2.38. The Kier molecular flexibility index (Phi) is 8.91. The molecule has 0 radical (unpaired) electrons. The SMILES string of the molecule is COCCOC(=O)C1C(C)=NC2=C(C(=O)C[C@H](c3ccc(OC)c(OC)c3)C2)[C@H]1c1ccc(OC)cc1OC. The van der Waals surface area contributed by atoms with E-state index in [1.54, 1.807) is 54.6 Å². The van der Waals surface area contributed by atoms with Crippen molar-refractivity contribution in [3.63, 3.8) is 0 Å². The molecule has 0 spiro atoms. The highest BCUT2D eigenvalue weighted by atomic mass is 16.6. The van der Waals surface area contributed by atoms with Crippen LogP contribution in [0.5, 0.6) is 23.0 Å². The molecule has 0 N–H and O–H groups in total. The number of nitrogens with zero attached hydrogens (tertiary/aromatic N) is 1. The second kappa shape index (κ2) is 12.3.